The molecule has 1 aromatic carbocycles. The van der Waals surface area contributed by atoms with E-state index >= 15 is 0 Å². The van der Waals surface area contributed by atoms with E-state index in [1.165, 1.54) is 74.5 Å². The van der Waals surface area contributed by atoms with Gasteiger partial charge < -0.3 is 11.5 Å². The molecule has 1 aromatic rings. The van der Waals surface area contributed by atoms with Gasteiger partial charge in [-0.15, -0.1) is 0 Å². The zero-order valence-corrected chi connectivity index (χ0v) is 17.2. The van der Waals surface area contributed by atoms with E-state index in [9.17, 15) is 0 Å². The average Bonchev–Trinajstić information content (AvgIpc) is 2.56. The highest BCUT2D eigenvalue weighted by Crippen LogP contribution is 2.19. The van der Waals surface area contributed by atoms with Gasteiger partial charge in [0.2, 0.25) is 0 Å². The molecule has 0 bridgehead atoms. The number of unbranched alkanes of at least 4 members (excludes halogenated alkanes) is 6. The third kappa shape index (κ3) is 8.87. The molecule has 4 N–H and O–H groups in total. The van der Waals surface area contributed by atoms with Crippen LogP contribution in [-0.4, -0.2) is 12.1 Å². The molecule has 0 aliphatic heterocycles. The second-order valence-electron chi connectivity index (χ2n) is 8.01. The first kappa shape index (κ1) is 22.2. The van der Waals surface area contributed by atoms with Gasteiger partial charge in [-0.1, -0.05) is 69.6 Å². The monoisotopic (exact) mass is 346 g/mol. The number of hydrogen-bond donors (Lipinski definition) is 2. The van der Waals surface area contributed by atoms with E-state index in [4.69, 9.17) is 11.5 Å². The lowest BCUT2D eigenvalue weighted by molar-refractivity contribution is 0.432. The van der Waals surface area contributed by atoms with Crippen molar-refractivity contribution in [1.29, 1.82) is 0 Å². The van der Waals surface area contributed by atoms with Crippen LogP contribution in [0.4, 0.5) is 0 Å². The minimum Gasteiger partial charge on any atom is -0.326 e. The van der Waals surface area contributed by atoms with Crippen molar-refractivity contribution in [3.8, 4) is 0 Å². The Hall–Kier alpha value is -0.860. The third-order valence-corrected chi connectivity index (χ3v) is 5.50. The maximum Gasteiger partial charge on any atom is 0.0192 e. The van der Waals surface area contributed by atoms with Crippen molar-refractivity contribution < 1.29 is 0 Å². The Morgan fingerprint density at radius 2 is 1.20 bits per heavy atom. The van der Waals surface area contributed by atoms with E-state index in [0.717, 1.165) is 12.8 Å². The van der Waals surface area contributed by atoms with Gasteiger partial charge in [-0.25, -0.2) is 0 Å². The van der Waals surface area contributed by atoms with Gasteiger partial charge in [0.1, 0.15) is 0 Å². The molecule has 0 amide bonds. The Bertz CT molecular complexity index is 458. The summed E-state index contributed by atoms with van der Waals surface area (Å²) in [6, 6.07) is 4.99. The Balaban J connectivity index is 2.14. The average molecular weight is 347 g/mol. The smallest absolute Gasteiger partial charge is 0.0192 e. The van der Waals surface area contributed by atoms with Crippen molar-refractivity contribution in [3.05, 3.63) is 34.4 Å². The molecule has 0 aliphatic rings. The minimum atomic E-state index is 0.184. The first-order valence-electron chi connectivity index (χ1n) is 10.5. The summed E-state index contributed by atoms with van der Waals surface area (Å²) in [5.74, 6) is 0. The lowest BCUT2D eigenvalue weighted by atomic mass is 9.94. The summed E-state index contributed by atoms with van der Waals surface area (Å²) >= 11 is 0. The second kappa shape index (κ2) is 12.5. The zero-order valence-electron chi connectivity index (χ0n) is 17.2. The van der Waals surface area contributed by atoms with E-state index in [1.807, 2.05) is 0 Å². The standard InChI is InChI=1S/C23H42N2/c1-5-6-7-11-14-22(24)23(25)15-12-9-8-10-13-21-19(3)16-18(2)17-20(21)4/h16-17,22-23H,5-15,24-25H2,1-4H3. The van der Waals surface area contributed by atoms with Crippen LogP contribution in [0.15, 0.2) is 12.1 Å². The fourth-order valence-corrected chi connectivity index (χ4v) is 3.87. The molecule has 144 valence electrons. The van der Waals surface area contributed by atoms with Gasteiger partial charge in [-0.2, -0.15) is 0 Å². The Labute approximate surface area is 156 Å². The molecule has 2 unspecified atom stereocenters. The van der Waals surface area contributed by atoms with Crippen LogP contribution in [0.5, 0.6) is 0 Å². The van der Waals surface area contributed by atoms with Crippen LogP contribution < -0.4 is 11.5 Å². The highest BCUT2D eigenvalue weighted by Gasteiger charge is 2.12. The van der Waals surface area contributed by atoms with Gasteiger partial charge >= 0.3 is 0 Å². The maximum atomic E-state index is 6.27. The summed E-state index contributed by atoms with van der Waals surface area (Å²) in [5, 5.41) is 0. The first-order valence-corrected chi connectivity index (χ1v) is 10.5. The molecule has 0 saturated carbocycles. The first-order chi connectivity index (χ1) is 12.0. The lowest BCUT2D eigenvalue weighted by Crippen LogP contribution is -2.41. The number of hydrogen-bond acceptors (Lipinski definition) is 2. The molecule has 1 rings (SSSR count). The summed E-state index contributed by atoms with van der Waals surface area (Å²) < 4.78 is 0. The van der Waals surface area contributed by atoms with Gasteiger partial charge in [0.05, 0.1) is 0 Å². The van der Waals surface area contributed by atoms with Crippen molar-refractivity contribution in [3.63, 3.8) is 0 Å². The zero-order chi connectivity index (χ0) is 18.7. The molecule has 0 heterocycles. The molecule has 2 nitrogen and oxygen atoms in total. The molecule has 2 atom stereocenters. The quantitative estimate of drug-likeness (QED) is 0.448. The number of benzene rings is 1. The third-order valence-electron chi connectivity index (χ3n) is 5.50. The molecular weight excluding hydrogens is 304 g/mol. The highest BCUT2D eigenvalue weighted by molar-refractivity contribution is 5.37. The lowest BCUT2D eigenvalue weighted by Gasteiger charge is -2.19. The van der Waals surface area contributed by atoms with Crippen LogP contribution in [0.2, 0.25) is 0 Å². The van der Waals surface area contributed by atoms with Crippen molar-refractivity contribution in [2.45, 2.75) is 110 Å². The molecule has 0 aliphatic carbocycles. The van der Waals surface area contributed by atoms with Crippen molar-refractivity contribution in [2.24, 2.45) is 11.5 Å². The van der Waals surface area contributed by atoms with Crippen LogP contribution >= 0.6 is 0 Å². The Morgan fingerprint density at radius 3 is 1.72 bits per heavy atom. The largest absolute Gasteiger partial charge is 0.326 e. The topological polar surface area (TPSA) is 52.0 Å². The van der Waals surface area contributed by atoms with Crippen molar-refractivity contribution in [2.75, 3.05) is 0 Å². The van der Waals surface area contributed by atoms with Gasteiger partial charge in [0, 0.05) is 12.1 Å². The highest BCUT2D eigenvalue weighted by atomic mass is 14.8. The van der Waals surface area contributed by atoms with Crippen LogP contribution in [-0.2, 0) is 6.42 Å². The number of rotatable bonds is 13. The molecule has 0 spiro atoms. The Kier molecular flexibility index (Phi) is 11.1. The second-order valence-corrected chi connectivity index (χ2v) is 8.01. The minimum absolute atomic E-state index is 0.184. The van der Waals surface area contributed by atoms with E-state index in [2.05, 4.69) is 39.8 Å². The summed E-state index contributed by atoms with van der Waals surface area (Å²) in [4.78, 5) is 0. The van der Waals surface area contributed by atoms with E-state index < -0.39 is 0 Å². The predicted molar refractivity (Wildman–Crippen MR) is 112 cm³/mol. The number of nitrogens with two attached hydrogens (primary N) is 2. The molecular formula is C23H42N2. The fourth-order valence-electron chi connectivity index (χ4n) is 3.87. The van der Waals surface area contributed by atoms with Crippen LogP contribution in [0.1, 0.15) is 93.4 Å². The van der Waals surface area contributed by atoms with Gasteiger partial charge in [-0.05, 0) is 63.1 Å². The molecule has 2 heteroatoms. The summed E-state index contributed by atoms with van der Waals surface area (Å²) in [7, 11) is 0. The molecule has 25 heavy (non-hydrogen) atoms. The molecule has 0 aromatic heterocycles. The van der Waals surface area contributed by atoms with Crippen LogP contribution in [0.3, 0.4) is 0 Å². The molecule has 0 radical (unpaired) electrons. The summed E-state index contributed by atoms with van der Waals surface area (Å²) in [6.07, 6.45) is 13.6. The van der Waals surface area contributed by atoms with E-state index in [0.29, 0.717) is 0 Å². The van der Waals surface area contributed by atoms with E-state index in [1.54, 1.807) is 5.56 Å². The van der Waals surface area contributed by atoms with Crippen molar-refractivity contribution >= 4 is 0 Å². The Morgan fingerprint density at radius 1 is 0.720 bits per heavy atom. The van der Waals surface area contributed by atoms with Gasteiger partial charge in [0.15, 0.2) is 0 Å². The molecule has 0 fully saturated rings. The van der Waals surface area contributed by atoms with Crippen LogP contribution in [0, 0.1) is 20.8 Å². The number of aryl methyl sites for hydroxylation is 3. The summed E-state index contributed by atoms with van der Waals surface area (Å²) in [5.41, 5.74) is 18.3. The van der Waals surface area contributed by atoms with Gasteiger partial charge in [0.25, 0.3) is 0 Å². The normalized spacial score (nSPS) is 13.8. The summed E-state index contributed by atoms with van der Waals surface area (Å²) in [6.45, 7) is 8.92. The predicted octanol–water partition coefficient (Wildman–Crippen LogP) is 5.73. The van der Waals surface area contributed by atoms with E-state index in [-0.39, 0.29) is 12.1 Å². The van der Waals surface area contributed by atoms with Gasteiger partial charge in [-0.3, -0.25) is 0 Å². The SMILES string of the molecule is CCCCCCC(N)C(N)CCCCCCc1c(C)cc(C)cc1C. The van der Waals surface area contributed by atoms with Crippen LogP contribution in [0.25, 0.3) is 0 Å². The van der Waals surface area contributed by atoms with Crippen molar-refractivity contribution in [1.82, 2.24) is 0 Å². The maximum absolute atomic E-state index is 6.27. The fraction of sp³-hybridized carbons (Fsp3) is 0.739. The molecule has 0 saturated heterocycles.